The van der Waals surface area contributed by atoms with Crippen molar-refractivity contribution in [2.24, 2.45) is 0 Å². The number of fused-ring (bicyclic) bond motifs is 1. The lowest BCUT2D eigenvalue weighted by molar-refractivity contribution is -0.113. The summed E-state index contributed by atoms with van der Waals surface area (Å²) in [5.74, 6) is 1.25. The normalized spacial score (nSPS) is 15.6. The van der Waals surface area contributed by atoms with E-state index in [2.05, 4.69) is 5.32 Å². The summed E-state index contributed by atoms with van der Waals surface area (Å²) in [6, 6.07) is 5.29. The fourth-order valence-corrected chi connectivity index (χ4v) is 2.23. The molecule has 1 heterocycles. The van der Waals surface area contributed by atoms with E-state index in [9.17, 15) is 9.18 Å². The third kappa shape index (κ3) is 1.90. The molecule has 1 amide bonds. The second-order valence-corrected chi connectivity index (χ2v) is 4.15. The highest BCUT2D eigenvalue weighted by Gasteiger charge is 2.12. The Morgan fingerprint density at radius 3 is 3.07 bits per heavy atom. The molecule has 0 bridgehead atoms. The number of rotatable bonds is 1. The summed E-state index contributed by atoms with van der Waals surface area (Å²) >= 11 is 1.55. The molecule has 1 aliphatic rings. The molecule has 1 aromatic rings. The standard InChI is InChI=1S/C10H10FNOS/c11-4-7-1-2-9-8(3-7)5-14-6-10(13)12-9/h1-3H,4-6H2,(H,12,13). The number of nitrogens with one attached hydrogen (secondary N) is 1. The van der Waals surface area contributed by atoms with Gasteiger partial charge in [-0.05, 0) is 17.2 Å². The third-order valence-electron chi connectivity index (χ3n) is 2.09. The monoisotopic (exact) mass is 211 g/mol. The fourth-order valence-electron chi connectivity index (χ4n) is 1.41. The van der Waals surface area contributed by atoms with Crippen molar-refractivity contribution in [3.63, 3.8) is 0 Å². The molecule has 0 saturated heterocycles. The number of hydrogen-bond donors (Lipinski definition) is 1. The number of halogens is 1. The maximum atomic E-state index is 12.4. The van der Waals surface area contributed by atoms with E-state index in [1.54, 1.807) is 23.9 Å². The number of carbonyl (C=O) groups excluding carboxylic acids is 1. The van der Waals surface area contributed by atoms with Crippen molar-refractivity contribution in [3.05, 3.63) is 29.3 Å². The maximum absolute atomic E-state index is 12.4. The summed E-state index contributed by atoms with van der Waals surface area (Å²) < 4.78 is 12.4. The quantitative estimate of drug-likeness (QED) is 0.772. The van der Waals surface area contributed by atoms with Crippen LogP contribution in [0.1, 0.15) is 11.1 Å². The zero-order chi connectivity index (χ0) is 9.97. The van der Waals surface area contributed by atoms with Gasteiger partial charge in [0.05, 0.1) is 5.75 Å². The van der Waals surface area contributed by atoms with Crippen molar-refractivity contribution >= 4 is 23.4 Å². The molecule has 0 fully saturated rings. The van der Waals surface area contributed by atoms with Crippen LogP contribution < -0.4 is 5.32 Å². The van der Waals surface area contributed by atoms with Gasteiger partial charge in [-0.25, -0.2) is 4.39 Å². The molecule has 0 spiro atoms. The first-order chi connectivity index (χ1) is 6.79. The average Bonchev–Trinajstić information content (AvgIpc) is 2.37. The van der Waals surface area contributed by atoms with Gasteiger partial charge >= 0.3 is 0 Å². The van der Waals surface area contributed by atoms with Gasteiger partial charge in [0.25, 0.3) is 0 Å². The summed E-state index contributed by atoms with van der Waals surface area (Å²) in [6.07, 6.45) is 0. The highest BCUT2D eigenvalue weighted by molar-refractivity contribution is 7.99. The Kier molecular flexibility index (Phi) is 2.72. The fraction of sp³-hybridized carbons (Fsp3) is 0.300. The van der Waals surface area contributed by atoms with Crippen molar-refractivity contribution in [1.82, 2.24) is 0 Å². The number of hydrogen-bond acceptors (Lipinski definition) is 2. The molecule has 1 aliphatic heterocycles. The summed E-state index contributed by atoms with van der Waals surface area (Å²) in [5.41, 5.74) is 2.49. The number of thioether (sulfide) groups is 1. The van der Waals surface area contributed by atoms with Gasteiger partial charge in [-0.15, -0.1) is 11.8 Å². The van der Waals surface area contributed by atoms with Gasteiger partial charge in [-0.3, -0.25) is 4.79 Å². The Hall–Kier alpha value is -1.03. The molecule has 0 radical (unpaired) electrons. The highest BCUT2D eigenvalue weighted by atomic mass is 32.2. The second-order valence-electron chi connectivity index (χ2n) is 3.17. The third-order valence-corrected chi connectivity index (χ3v) is 3.07. The van der Waals surface area contributed by atoms with E-state index in [1.807, 2.05) is 6.07 Å². The Morgan fingerprint density at radius 2 is 2.29 bits per heavy atom. The molecule has 2 nitrogen and oxygen atoms in total. The molecule has 4 heteroatoms. The Morgan fingerprint density at radius 1 is 1.43 bits per heavy atom. The van der Waals surface area contributed by atoms with Gasteiger partial charge in [0, 0.05) is 11.4 Å². The minimum atomic E-state index is -0.452. The Balaban J connectivity index is 2.35. The summed E-state index contributed by atoms with van der Waals surface area (Å²) in [6.45, 7) is -0.452. The second kappa shape index (κ2) is 4.00. The van der Waals surface area contributed by atoms with Crippen LogP contribution in [0.15, 0.2) is 18.2 Å². The molecule has 0 aromatic heterocycles. The maximum Gasteiger partial charge on any atom is 0.234 e. The topological polar surface area (TPSA) is 29.1 Å². The number of amides is 1. The molecule has 0 aliphatic carbocycles. The minimum Gasteiger partial charge on any atom is -0.325 e. The minimum absolute atomic E-state index is 0.0155. The predicted octanol–water partition coefficient (Wildman–Crippen LogP) is 2.34. The first-order valence-electron chi connectivity index (χ1n) is 4.35. The van der Waals surface area contributed by atoms with Crippen LogP contribution in [0.3, 0.4) is 0 Å². The number of carbonyl (C=O) groups is 1. The lowest BCUT2D eigenvalue weighted by Gasteiger charge is -2.06. The predicted molar refractivity (Wildman–Crippen MR) is 56.0 cm³/mol. The van der Waals surface area contributed by atoms with E-state index >= 15 is 0 Å². The first kappa shape index (κ1) is 9.52. The molecular formula is C10H10FNOS. The summed E-state index contributed by atoms with van der Waals surface area (Å²) in [7, 11) is 0. The van der Waals surface area contributed by atoms with Crippen molar-refractivity contribution in [2.75, 3.05) is 11.1 Å². The van der Waals surface area contributed by atoms with E-state index in [1.165, 1.54) is 0 Å². The van der Waals surface area contributed by atoms with Crippen LogP contribution in [0.4, 0.5) is 10.1 Å². The molecule has 74 valence electrons. The molecule has 1 aromatic carbocycles. The van der Waals surface area contributed by atoms with Gasteiger partial charge in [0.15, 0.2) is 0 Å². The lowest BCUT2D eigenvalue weighted by atomic mass is 10.1. The SMILES string of the molecule is O=C1CSCc2cc(CF)ccc2N1. The molecule has 2 rings (SSSR count). The zero-order valence-corrected chi connectivity index (χ0v) is 8.36. The lowest BCUT2D eigenvalue weighted by Crippen LogP contribution is -2.12. The smallest absolute Gasteiger partial charge is 0.234 e. The summed E-state index contributed by atoms with van der Waals surface area (Å²) in [5, 5.41) is 2.79. The van der Waals surface area contributed by atoms with Crippen LogP contribution in [0.25, 0.3) is 0 Å². The van der Waals surface area contributed by atoms with Crippen LogP contribution in [0, 0.1) is 0 Å². The molecule has 0 unspecified atom stereocenters. The van der Waals surface area contributed by atoms with E-state index < -0.39 is 6.67 Å². The van der Waals surface area contributed by atoms with E-state index in [4.69, 9.17) is 0 Å². The number of alkyl halides is 1. The molecule has 1 N–H and O–H groups in total. The van der Waals surface area contributed by atoms with Crippen molar-refractivity contribution in [3.8, 4) is 0 Å². The Labute approximate surface area is 85.9 Å². The molecule has 0 saturated carbocycles. The van der Waals surface area contributed by atoms with Gasteiger partial charge < -0.3 is 5.32 Å². The van der Waals surface area contributed by atoms with Gasteiger partial charge in [0.2, 0.25) is 5.91 Å². The zero-order valence-electron chi connectivity index (χ0n) is 7.55. The average molecular weight is 211 g/mol. The van der Waals surface area contributed by atoms with E-state index in [-0.39, 0.29) is 5.91 Å². The van der Waals surface area contributed by atoms with Crippen molar-refractivity contribution < 1.29 is 9.18 Å². The van der Waals surface area contributed by atoms with Crippen LogP contribution >= 0.6 is 11.8 Å². The van der Waals surface area contributed by atoms with E-state index in [0.29, 0.717) is 11.3 Å². The van der Waals surface area contributed by atoms with Crippen molar-refractivity contribution in [1.29, 1.82) is 0 Å². The Bertz CT molecular complexity index is 367. The van der Waals surface area contributed by atoms with Gasteiger partial charge in [-0.1, -0.05) is 12.1 Å². The molecule has 14 heavy (non-hydrogen) atoms. The summed E-state index contributed by atoms with van der Waals surface area (Å²) in [4.78, 5) is 11.2. The van der Waals surface area contributed by atoms with Crippen LogP contribution in [-0.2, 0) is 17.2 Å². The first-order valence-corrected chi connectivity index (χ1v) is 5.50. The van der Waals surface area contributed by atoms with Crippen LogP contribution in [0.2, 0.25) is 0 Å². The molecule has 0 atom stereocenters. The van der Waals surface area contributed by atoms with E-state index in [0.717, 1.165) is 17.0 Å². The molecular weight excluding hydrogens is 201 g/mol. The van der Waals surface area contributed by atoms with Gasteiger partial charge in [-0.2, -0.15) is 0 Å². The highest BCUT2D eigenvalue weighted by Crippen LogP contribution is 2.26. The van der Waals surface area contributed by atoms with Crippen LogP contribution in [-0.4, -0.2) is 11.7 Å². The van der Waals surface area contributed by atoms with Gasteiger partial charge in [0.1, 0.15) is 6.67 Å². The number of benzene rings is 1. The number of anilines is 1. The van der Waals surface area contributed by atoms with Crippen LogP contribution in [0.5, 0.6) is 0 Å². The largest absolute Gasteiger partial charge is 0.325 e. The van der Waals surface area contributed by atoms with Crippen molar-refractivity contribution in [2.45, 2.75) is 12.4 Å².